The molecule has 2 saturated heterocycles. The molecule has 0 aromatic heterocycles. The molecule has 5 atom stereocenters. The Kier molecular flexibility index (Phi) is 8.92. The molecule has 4 amide bonds. The van der Waals surface area contributed by atoms with E-state index in [1.54, 1.807) is 0 Å². The second-order valence-electron chi connectivity index (χ2n) is 14.9. The van der Waals surface area contributed by atoms with Crippen molar-refractivity contribution in [1.82, 2.24) is 24.1 Å². The fourth-order valence-corrected chi connectivity index (χ4v) is 11.2. The molecule has 5 aliphatic heterocycles. The largest absolute Gasteiger partial charge is 0.454 e. The topological polar surface area (TPSA) is 198 Å². The van der Waals surface area contributed by atoms with E-state index in [0.717, 1.165) is 24.0 Å². The van der Waals surface area contributed by atoms with Gasteiger partial charge in [-0.1, -0.05) is 25.0 Å². The molecule has 0 bridgehead atoms. The summed E-state index contributed by atoms with van der Waals surface area (Å²) < 4.78 is 72.1. The van der Waals surface area contributed by atoms with Crippen molar-refractivity contribution >= 4 is 43.9 Å². The van der Waals surface area contributed by atoms with E-state index >= 15 is 0 Å². The Hall–Kier alpha value is -3.90. The van der Waals surface area contributed by atoms with E-state index in [2.05, 4.69) is 10.0 Å². The Balaban J connectivity index is 1.05. The first-order valence-electron chi connectivity index (χ1n) is 18.1. The minimum absolute atomic E-state index is 0.0754. The first-order valence-corrected chi connectivity index (χ1v) is 21.2. The van der Waals surface area contributed by atoms with Gasteiger partial charge in [-0.2, -0.15) is 4.31 Å². The van der Waals surface area contributed by atoms with Gasteiger partial charge in [0.1, 0.15) is 23.7 Å². The number of benzene rings is 1. The third-order valence-corrected chi connectivity index (χ3v) is 15.0. The molecular weight excluding hydrogens is 719 g/mol. The van der Waals surface area contributed by atoms with Gasteiger partial charge >= 0.3 is 6.09 Å². The monoisotopic (exact) mass is 761 g/mol. The van der Waals surface area contributed by atoms with Gasteiger partial charge in [0, 0.05) is 32.0 Å². The lowest BCUT2D eigenvalue weighted by atomic mass is 10.0. The number of rotatable bonds is 5. The van der Waals surface area contributed by atoms with Crippen molar-refractivity contribution in [2.45, 2.75) is 106 Å². The van der Waals surface area contributed by atoms with Crippen LogP contribution in [0.5, 0.6) is 11.5 Å². The van der Waals surface area contributed by atoms with E-state index in [9.17, 15) is 36.0 Å². The van der Waals surface area contributed by atoms with E-state index in [4.69, 9.17) is 14.2 Å². The Bertz CT molecular complexity index is 1900. The summed E-state index contributed by atoms with van der Waals surface area (Å²) in [4.78, 5) is 58.7. The molecule has 5 heterocycles. The quantitative estimate of drug-likeness (QED) is 0.410. The highest BCUT2D eigenvalue weighted by Gasteiger charge is 2.62. The number of fused-ring (bicyclic) bond motifs is 4. The summed E-state index contributed by atoms with van der Waals surface area (Å²) in [6.45, 7) is 0.663. The zero-order valence-electron chi connectivity index (χ0n) is 28.7. The van der Waals surface area contributed by atoms with Gasteiger partial charge in [-0.05, 0) is 68.2 Å². The second kappa shape index (κ2) is 13.2. The molecule has 7 aliphatic rings. The number of hydrogen-bond donors (Lipinski definition) is 2. The molecule has 2 N–H and O–H groups in total. The predicted molar refractivity (Wildman–Crippen MR) is 182 cm³/mol. The van der Waals surface area contributed by atoms with Crippen molar-refractivity contribution in [3.05, 3.63) is 35.4 Å². The van der Waals surface area contributed by atoms with Gasteiger partial charge in [-0.3, -0.25) is 24.0 Å². The zero-order chi connectivity index (χ0) is 36.4. The Morgan fingerprint density at radius 2 is 1.71 bits per heavy atom. The molecule has 8 rings (SSSR count). The minimum Gasteiger partial charge on any atom is -0.454 e. The van der Waals surface area contributed by atoms with Gasteiger partial charge in [0.15, 0.2) is 11.5 Å². The molecule has 18 heteroatoms. The average molecular weight is 762 g/mol. The second-order valence-corrected chi connectivity index (χ2v) is 18.9. The van der Waals surface area contributed by atoms with Crippen molar-refractivity contribution in [2.75, 3.05) is 25.6 Å². The van der Waals surface area contributed by atoms with Crippen LogP contribution in [0.2, 0.25) is 0 Å². The highest BCUT2D eigenvalue weighted by molar-refractivity contribution is 7.91. The summed E-state index contributed by atoms with van der Waals surface area (Å²) in [5, 5.41) is 2.16. The summed E-state index contributed by atoms with van der Waals surface area (Å²) in [5.74, 6) is -1.45. The summed E-state index contributed by atoms with van der Waals surface area (Å²) in [6, 6.07) is 1.39. The van der Waals surface area contributed by atoms with Crippen LogP contribution < -0.4 is 19.5 Å². The highest BCUT2D eigenvalue weighted by Crippen LogP contribution is 2.46. The van der Waals surface area contributed by atoms with Gasteiger partial charge in [-0.25, -0.2) is 21.6 Å². The van der Waals surface area contributed by atoms with Crippen LogP contribution in [0.15, 0.2) is 24.3 Å². The molecule has 0 spiro atoms. The van der Waals surface area contributed by atoms with Crippen molar-refractivity contribution in [3.63, 3.8) is 0 Å². The number of nitrogens with one attached hydrogen (secondary N) is 2. The number of amides is 4. The number of sulfonamides is 2. The number of hydrogen-bond acceptors (Lipinski definition) is 11. The first kappa shape index (κ1) is 35.1. The molecule has 0 radical (unpaired) electrons. The van der Waals surface area contributed by atoms with Crippen molar-refractivity contribution in [2.24, 2.45) is 5.92 Å². The molecule has 282 valence electrons. The number of ether oxygens (including phenoxy) is 3. The molecule has 2 saturated carbocycles. The van der Waals surface area contributed by atoms with E-state index in [1.165, 1.54) is 14.1 Å². The van der Waals surface area contributed by atoms with E-state index < -0.39 is 78.8 Å². The standard InChI is InChI=1S/C34H43N5O11S2/c40-30-27-15-24(50-33(43)37-17-21-13-28-29(49-20-48-28)14-22(21)18-37)19-38(27)31(41)26(39-11-6-12-51(39,44)45)8-5-3-1-2-4-7-23-16-34(23,35-30)32(42)36-52(46,47)25-9-10-25/h4,7,13-14,23-27H,1-3,5-6,8-12,15-20H2,(H,35,40)(H,36,42)/b7-4-/t23-,24-,26+,27?,34-/m1/s1. The highest BCUT2D eigenvalue weighted by atomic mass is 32.2. The molecule has 1 unspecified atom stereocenters. The van der Waals surface area contributed by atoms with Crippen LogP contribution in [0.4, 0.5) is 4.79 Å². The Labute approximate surface area is 302 Å². The van der Waals surface area contributed by atoms with Crippen LogP contribution in [-0.2, 0) is 52.3 Å². The number of carbonyl (C=O) groups is 4. The predicted octanol–water partition coefficient (Wildman–Crippen LogP) is 1.24. The van der Waals surface area contributed by atoms with Gasteiger partial charge in [0.05, 0.1) is 17.5 Å². The Morgan fingerprint density at radius 3 is 2.38 bits per heavy atom. The lowest BCUT2D eigenvalue weighted by Gasteiger charge is -2.32. The van der Waals surface area contributed by atoms with Crippen molar-refractivity contribution < 1.29 is 50.2 Å². The van der Waals surface area contributed by atoms with Crippen molar-refractivity contribution in [3.8, 4) is 11.5 Å². The van der Waals surface area contributed by atoms with Gasteiger partial charge < -0.3 is 24.4 Å². The summed E-state index contributed by atoms with van der Waals surface area (Å²) in [6.07, 6.45) is 6.50. The zero-order valence-corrected chi connectivity index (χ0v) is 30.3. The van der Waals surface area contributed by atoms with Crippen LogP contribution >= 0.6 is 0 Å². The lowest BCUT2D eigenvalue weighted by Crippen LogP contribution is -2.58. The van der Waals surface area contributed by atoms with Gasteiger partial charge in [0.25, 0.3) is 5.91 Å². The number of carbonyl (C=O) groups excluding carboxylic acids is 4. The van der Waals surface area contributed by atoms with Gasteiger partial charge in [0.2, 0.25) is 38.7 Å². The SMILES string of the molecule is O=C1N[C@]2(C(=O)NS(=O)(=O)C3CC3)C[C@H]2/C=C\CCCCC[C@H](N2CCCS2(=O)=O)C(=O)N2C[C@H](OC(=O)N3Cc4cc5c(cc4C3)OCO5)CC12. The van der Waals surface area contributed by atoms with Crippen LogP contribution in [0.25, 0.3) is 0 Å². The first-order chi connectivity index (χ1) is 24.8. The van der Waals surface area contributed by atoms with Gasteiger partial charge in [-0.15, -0.1) is 0 Å². The van der Waals surface area contributed by atoms with E-state index in [0.29, 0.717) is 43.6 Å². The van der Waals surface area contributed by atoms with Crippen molar-refractivity contribution in [1.29, 1.82) is 0 Å². The fourth-order valence-electron chi connectivity index (χ4n) is 8.10. The maximum atomic E-state index is 14.5. The molecule has 1 aromatic rings. The molecule has 4 fully saturated rings. The fraction of sp³-hybridized carbons (Fsp3) is 0.647. The summed E-state index contributed by atoms with van der Waals surface area (Å²) in [7, 11) is -7.62. The number of nitrogens with zero attached hydrogens (tertiary/aromatic N) is 3. The molecule has 16 nitrogen and oxygen atoms in total. The smallest absolute Gasteiger partial charge is 0.410 e. The summed E-state index contributed by atoms with van der Waals surface area (Å²) >= 11 is 0. The molecule has 52 heavy (non-hydrogen) atoms. The third kappa shape index (κ3) is 6.61. The summed E-state index contributed by atoms with van der Waals surface area (Å²) in [5.41, 5.74) is 0.209. The maximum Gasteiger partial charge on any atom is 0.410 e. The maximum absolute atomic E-state index is 14.5. The Morgan fingerprint density at radius 1 is 0.981 bits per heavy atom. The molecule has 1 aromatic carbocycles. The number of allylic oxidation sites excluding steroid dienone is 1. The van der Waals surface area contributed by atoms with Crippen LogP contribution in [-0.4, -0.2) is 109 Å². The van der Waals surface area contributed by atoms with E-state index in [-0.39, 0.29) is 58.0 Å². The minimum atomic E-state index is -3.92. The average Bonchev–Trinajstić information content (AvgIpc) is 3.83. The van der Waals surface area contributed by atoms with Crippen LogP contribution in [0, 0.1) is 5.92 Å². The molecule has 2 aliphatic carbocycles. The van der Waals surface area contributed by atoms with Crippen LogP contribution in [0.1, 0.15) is 75.3 Å². The third-order valence-electron chi connectivity index (χ3n) is 11.2. The lowest BCUT2D eigenvalue weighted by molar-refractivity contribution is -0.142. The normalized spacial score (nSPS) is 32.2. The molecular formula is C34H43N5O11S2. The van der Waals surface area contributed by atoms with Crippen LogP contribution in [0.3, 0.4) is 0 Å². The van der Waals surface area contributed by atoms with E-state index in [1.807, 2.05) is 24.3 Å².